The zero-order valence-electron chi connectivity index (χ0n) is 14.7. The Balaban J connectivity index is 2.06. The number of rotatable bonds is 9. The molecule has 0 aliphatic rings. The van der Waals surface area contributed by atoms with Gasteiger partial charge in [-0.3, -0.25) is 10.2 Å². The number of hydrogen-bond acceptors (Lipinski definition) is 7. The van der Waals surface area contributed by atoms with Crippen LogP contribution >= 0.6 is 11.3 Å². The molecule has 2 rings (SSSR count). The normalized spacial score (nSPS) is 11.2. The van der Waals surface area contributed by atoms with Crippen LogP contribution in [0.5, 0.6) is 11.5 Å². The van der Waals surface area contributed by atoms with E-state index < -0.39 is 15.9 Å². The Morgan fingerprint density at radius 2 is 1.88 bits per heavy atom. The van der Waals surface area contributed by atoms with E-state index >= 15 is 0 Å². The lowest BCUT2D eigenvalue weighted by atomic mass is 10.3. The summed E-state index contributed by atoms with van der Waals surface area (Å²) in [5.74, 6) is 0.275. The van der Waals surface area contributed by atoms with Crippen LogP contribution in [0.4, 0.5) is 0 Å². The molecule has 0 aliphatic heterocycles. The molecule has 0 spiro atoms. The third-order valence-electron chi connectivity index (χ3n) is 3.13. The van der Waals surface area contributed by atoms with Crippen LogP contribution in [0.15, 0.2) is 28.5 Å². The Kier molecular flexibility index (Phi) is 6.95. The number of hydrogen-bond donors (Lipinski definition) is 2. The van der Waals surface area contributed by atoms with E-state index in [-0.39, 0.29) is 11.3 Å². The van der Waals surface area contributed by atoms with Gasteiger partial charge in [-0.1, -0.05) is 0 Å². The maximum Gasteiger partial charge on any atom is 0.257 e. The van der Waals surface area contributed by atoms with Gasteiger partial charge in [0.1, 0.15) is 5.01 Å². The summed E-state index contributed by atoms with van der Waals surface area (Å²) < 4.78 is 35.6. The number of hydrazine groups is 1. The average Bonchev–Trinajstić information content (AvgIpc) is 3.00. The van der Waals surface area contributed by atoms with E-state index in [1.54, 1.807) is 6.92 Å². The molecule has 10 heteroatoms. The van der Waals surface area contributed by atoms with Crippen molar-refractivity contribution < 1.29 is 22.7 Å². The van der Waals surface area contributed by atoms with Crippen LogP contribution in [-0.4, -0.2) is 32.5 Å². The van der Waals surface area contributed by atoms with E-state index in [9.17, 15) is 13.2 Å². The molecule has 0 saturated carbocycles. The maximum atomic E-state index is 12.4. The quantitative estimate of drug-likeness (QED) is 0.623. The number of ether oxygens (including phenoxy) is 2. The van der Waals surface area contributed by atoms with Crippen molar-refractivity contribution in [1.82, 2.24) is 15.2 Å². The SMILES string of the molecule is CCOc1ccc(S(=O)(=O)NNC(=O)Cc2nc(C)cs2)cc1OCC. The number of aromatic nitrogens is 1. The molecule has 2 N–H and O–H groups in total. The van der Waals surface area contributed by atoms with Gasteiger partial charge in [0.2, 0.25) is 5.91 Å². The summed E-state index contributed by atoms with van der Waals surface area (Å²) in [6.07, 6.45) is -0.00546. The van der Waals surface area contributed by atoms with Gasteiger partial charge in [0.25, 0.3) is 10.0 Å². The van der Waals surface area contributed by atoms with Crippen molar-refractivity contribution in [3.05, 3.63) is 34.3 Å². The van der Waals surface area contributed by atoms with Crippen molar-refractivity contribution in [2.24, 2.45) is 0 Å². The number of aryl methyl sites for hydroxylation is 1. The number of nitrogens with one attached hydrogen (secondary N) is 2. The number of carbonyl (C=O) groups excluding carboxylic acids is 1. The second-order valence-corrected chi connectivity index (χ2v) is 7.81. The highest BCUT2D eigenvalue weighted by atomic mass is 32.2. The maximum absolute atomic E-state index is 12.4. The Labute approximate surface area is 156 Å². The highest BCUT2D eigenvalue weighted by Gasteiger charge is 2.18. The molecular formula is C16H21N3O5S2. The summed E-state index contributed by atoms with van der Waals surface area (Å²) in [6.45, 7) is 6.22. The van der Waals surface area contributed by atoms with Gasteiger partial charge in [-0.15, -0.1) is 16.2 Å². The predicted molar refractivity (Wildman–Crippen MR) is 97.8 cm³/mol. The van der Waals surface area contributed by atoms with Gasteiger partial charge in [0.15, 0.2) is 11.5 Å². The van der Waals surface area contributed by atoms with E-state index in [1.165, 1.54) is 29.5 Å². The Morgan fingerprint density at radius 1 is 1.19 bits per heavy atom. The first-order valence-electron chi connectivity index (χ1n) is 7.97. The van der Waals surface area contributed by atoms with Crippen molar-refractivity contribution in [2.45, 2.75) is 32.1 Å². The molecule has 0 unspecified atom stereocenters. The van der Waals surface area contributed by atoms with Gasteiger partial charge in [0.05, 0.1) is 24.5 Å². The monoisotopic (exact) mass is 399 g/mol. The zero-order valence-corrected chi connectivity index (χ0v) is 16.4. The summed E-state index contributed by atoms with van der Waals surface area (Å²) in [5.41, 5.74) is 3.00. The Hall–Kier alpha value is -2.17. The molecule has 1 aromatic carbocycles. The van der Waals surface area contributed by atoms with Gasteiger partial charge in [-0.05, 0) is 32.9 Å². The fraction of sp³-hybridized carbons (Fsp3) is 0.375. The second kappa shape index (κ2) is 8.97. The smallest absolute Gasteiger partial charge is 0.257 e. The minimum atomic E-state index is -3.95. The third-order valence-corrected chi connectivity index (χ3v) is 5.34. The first kappa shape index (κ1) is 20.1. The van der Waals surface area contributed by atoms with E-state index in [1.807, 2.05) is 19.2 Å². The average molecular weight is 399 g/mol. The van der Waals surface area contributed by atoms with Crippen LogP contribution in [0, 0.1) is 6.92 Å². The van der Waals surface area contributed by atoms with Crippen LogP contribution in [0.3, 0.4) is 0 Å². The van der Waals surface area contributed by atoms with Crippen LogP contribution in [-0.2, 0) is 21.2 Å². The molecule has 26 heavy (non-hydrogen) atoms. The zero-order chi connectivity index (χ0) is 19.2. The second-order valence-electron chi connectivity index (χ2n) is 5.19. The first-order valence-corrected chi connectivity index (χ1v) is 10.3. The number of sulfonamides is 1. The summed E-state index contributed by atoms with van der Waals surface area (Å²) in [4.78, 5) is 18.1. The number of nitrogens with zero attached hydrogens (tertiary/aromatic N) is 1. The van der Waals surface area contributed by atoms with Crippen LogP contribution < -0.4 is 19.7 Å². The highest BCUT2D eigenvalue weighted by molar-refractivity contribution is 7.89. The minimum absolute atomic E-state index is 0.00546. The van der Waals surface area contributed by atoms with Gasteiger partial charge in [0, 0.05) is 17.1 Å². The highest BCUT2D eigenvalue weighted by Crippen LogP contribution is 2.30. The van der Waals surface area contributed by atoms with E-state index in [2.05, 4.69) is 15.2 Å². The van der Waals surface area contributed by atoms with Gasteiger partial charge < -0.3 is 9.47 Å². The fourth-order valence-electron chi connectivity index (χ4n) is 2.05. The van der Waals surface area contributed by atoms with Gasteiger partial charge >= 0.3 is 0 Å². The van der Waals surface area contributed by atoms with Crippen molar-refractivity contribution >= 4 is 27.3 Å². The van der Waals surface area contributed by atoms with Crippen LogP contribution in [0.2, 0.25) is 0 Å². The Bertz CT molecular complexity index is 865. The van der Waals surface area contributed by atoms with Crippen LogP contribution in [0.25, 0.3) is 0 Å². The van der Waals surface area contributed by atoms with E-state index in [0.717, 1.165) is 5.69 Å². The molecule has 0 saturated heterocycles. The van der Waals surface area contributed by atoms with Crippen LogP contribution in [0.1, 0.15) is 24.5 Å². The lowest BCUT2D eigenvalue weighted by molar-refractivity contribution is -0.120. The van der Waals surface area contributed by atoms with Gasteiger partial charge in [-0.25, -0.2) is 13.4 Å². The lowest BCUT2D eigenvalue weighted by Crippen LogP contribution is -2.42. The molecular weight excluding hydrogens is 378 g/mol. The number of amides is 1. The predicted octanol–water partition coefficient (Wildman–Crippen LogP) is 1.80. The molecule has 142 valence electrons. The van der Waals surface area contributed by atoms with Crippen molar-refractivity contribution in [1.29, 1.82) is 0 Å². The standard InChI is InChI=1S/C16H21N3O5S2/c1-4-23-13-7-6-12(8-14(13)24-5-2)26(21,22)19-18-15(20)9-16-17-11(3)10-25-16/h6-8,10,19H,4-5,9H2,1-3H3,(H,18,20). The molecule has 0 bridgehead atoms. The molecule has 1 heterocycles. The summed E-state index contributed by atoms with van der Waals surface area (Å²) >= 11 is 1.34. The molecule has 0 fully saturated rings. The molecule has 1 amide bonds. The lowest BCUT2D eigenvalue weighted by Gasteiger charge is -2.13. The topological polar surface area (TPSA) is 107 Å². The molecule has 8 nitrogen and oxygen atoms in total. The molecule has 1 aromatic heterocycles. The number of benzene rings is 1. The summed E-state index contributed by atoms with van der Waals surface area (Å²) in [6, 6.07) is 4.25. The van der Waals surface area contributed by atoms with E-state index in [4.69, 9.17) is 9.47 Å². The summed E-state index contributed by atoms with van der Waals surface area (Å²) in [7, 11) is -3.95. The number of carbonyl (C=O) groups is 1. The largest absolute Gasteiger partial charge is 0.490 e. The van der Waals surface area contributed by atoms with E-state index in [0.29, 0.717) is 29.7 Å². The van der Waals surface area contributed by atoms with Gasteiger partial charge in [-0.2, -0.15) is 0 Å². The summed E-state index contributed by atoms with van der Waals surface area (Å²) in [5, 5.41) is 2.43. The Morgan fingerprint density at radius 3 is 2.50 bits per heavy atom. The van der Waals surface area contributed by atoms with Crippen molar-refractivity contribution in [3.63, 3.8) is 0 Å². The van der Waals surface area contributed by atoms with Crippen molar-refractivity contribution in [3.8, 4) is 11.5 Å². The molecule has 0 aliphatic carbocycles. The minimum Gasteiger partial charge on any atom is -0.490 e. The fourth-order valence-corrected chi connectivity index (χ4v) is 3.69. The first-order chi connectivity index (χ1) is 12.4. The number of thiazole rings is 1. The van der Waals surface area contributed by atoms with Crippen molar-refractivity contribution in [2.75, 3.05) is 13.2 Å². The third kappa shape index (κ3) is 5.41. The molecule has 0 radical (unpaired) electrons. The molecule has 0 atom stereocenters. The molecule has 2 aromatic rings.